The molecule has 0 spiro atoms. The van der Waals surface area contributed by atoms with Gasteiger partial charge in [0.05, 0.1) is 24.0 Å². The van der Waals surface area contributed by atoms with Crippen molar-refractivity contribution in [2.45, 2.75) is 30.0 Å². The number of benzene rings is 2. The van der Waals surface area contributed by atoms with E-state index in [1.807, 2.05) is 0 Å². The molecule has 0 aliphatic carbocycles. The Hall–Kier alpha value is -2.18. The third-order valence-corrected chi connectivity index (χ3v) is 8.62. The minimum Gasteiger partial charge on any atom is -0.497 e. The second-order valence-corrected chi connectivity index (χ2v) is 11.7. The molecule has 1 saturated heterocycles. The van der Waals surface area contributed by atoms with E-state index in [1.54, 1.807) is 13.8 Å². The summed E-state index contributed by atoms with van der Waals surface area (Å²) in [5.41, 5.74) is -0.752. The van der Waals surface area contributed by atoms with Gasteiger partial charge >= 0.3 is 0 Å². The van der Waals surface area contributed by atoms with Gasteiger partial charge < -0.3 is 14.6 Å². The maximum atomic E-state index is 13.3. The van der Waals surface area contributed by atoms with Crippen LogP contribution in [-0.4, -0.2) is 64.2 Å². The monoisotopic (exact) mass is 470 g/mol. The molecule has 0 bridgehead atoms. The van der Waals surface area contributed by atoms with Crippen molar-refractivity contribution in [1.29, 1.82) is 0 Å². The van der Waals surface area contributed by atoms with Gasteiger partial charge in [-0.1, -0.05) is 13.8 Å². The van der Waals surface area contributed by atoms with Gasteiger partial charge in [-0.3, -0.25) is 0 Å². The average molecular weight is 471 g/mol. The van der Waals surface area contributed by atoms with Gasteiger partial charge in [0.25, 0.3) is 0 Å². The Morgan fingerprint density at radius 1 is 0.774 bits per heavy atom. The molecule has 0 saturated carbocycles. The number of ether oxygens (including phenoxy) is 2. The first kappa shape index (κ1) is 23.5. The molecule has 0 aromatic heterocycles. The van der Waals surface area contributed by atoms with Crippen LogP contribution in [0, 0.1) is 5.41 Å². The van der Waals surface area contributed by atoms with Crippen LogP contribution >= 0.6 is 0 Å². The molecule has 170 valence electrons. The lowest BCUT2D eigenvalue weighted by atomic mass is 9.92. The summed E-state index contributed by atoms with van der Waals surface area (Å²) in [7, 11) is -5.46. The molecule has 3 rings (SSSR count). The third kappa shape index (κ3) is 4.55. The summed E-state index contributed by atoms with van der Waals surface area (Å²) in [6.45, 7) is 3.37. The SMILES string of the molecule is COc1ccc(S(=O)(=O)N2CC(C)(C)CN(S(=O)(=O)c3ccc(OC)cc3)C2O)cc1. The van der Waals surface area contributed by atoms with Gasteiger partial charge in [-0.2, -0.15) is 8.61 Å². The van der Waals surface area contributed by atoms with Crippen molar-refractivity contribution in [2.24, 2.45) is 5.41 Å². The van der Waals surface area contributed by atoms with E-state index in [2.05, 4.69) is 0 Å². The standard InChI is InChI=1S/C20H26N2O7S2/c1-20(2)13-21(30(24,25)17-9-5-15(28-3)6-10-17)19(23)22(14-20)31(26,27)18-11-7-16(29-4)8-12-18/h5-12,19,23H,13-14H2,1-4H3. The predicted octanol–water partition coefficient (Wildman–Crippen LogP) is 1.70. The summed E-state index contributed by atoms with van der Waals surface area (Å²) in [6.07, 6.45) is -1.90. The topological polar surface area (TPSA) is 113 Å². The van der Waals surface area contributed by atoms with Crippen LogP contribution in [0.1, 0.15) is 13.8 Å². The quantitative estimate of drug-likeness (QED) is 0.684. The lowest BCUT2D eigenvalue weighted by molar-refractivity contribution is -0.0847. The van der Waals surface area contributed by atoms with Crippen molar-refractivity contribution >= 4 is 20.0 Å². The Bertz CT molecular complexity index is 1040. The minimum absolute atomic E-state index is 0.0584. The van der Waals surface area contributed by atoms with Crippen molar-refractivity contribution in [1.82, 2.24) is 8.61 Å². The molecule has 11 heteroatoms. The van der Waals surface area contributed by atoms with E-state index >= 15 is 0 Å². The number of methoxy groups -OCH3 is 2. The normalized spacial score (nSPS) is 18.6. The first-order chi connectivity index (χ1) is 14.4. The van der Waals surface area contributed by atoms with E-state index in [1.165, 1.54) is 62.8 Å². The van der Waals surface area contributed by atoms with E-state index in [0.717, 1.165) is 8.61 Å². The Balaban J connectivity index is 2.01. The Labute approximate surface area is 182 Å². The number of hydrogen-bond donors (Lipinski definition) is 1. The molecule has 0 unspecified atom stereocenters. The molecule has 2 aromatic rings. The van der Waals surface area contributed by atoms with Crippen LogP contribution in [0.5, 0.6) is 11.5 Å². The number of rotatable bonds is 6. The fourth-order valence-corrected chi connectivity index (χ4v) is 6.71. The largest absolute Gasteiger partial charge is 0.497 e. The molecule has 1 aliphatic rings. The summed E-state index contributed by atoms with van der Waals surface area (Å²) in [4.78, 5) is -0.154. The van der Waals surface area contributed by atoms with E-state index in [0.29, 0.717) is 11.5 Å². The van der Waals surface area contributed by atoms with Gasteiger partial charge in [0, 0.05) is 13.1 Å². The lowest BCUT2D eigenvalue weighted by Crippen LogP contribution is -2.62. The highest BCUT2D eigenvalue weighted by molar-refractivity contribution is 7.90. The summed E-state index contributed by atoms with van der Waals surface area (Å²) in [5.74, 6) is 0.948. The van der Waals surface area contributed by atoms with Gasteiger partial charge in [-0.05, 0) is 53.9 Å². The molecule has 0 radical (unpaired) electrons. The first-order valence-corrected chi connectivity index (χ1v) is 12.3. The summed E-state index contributed by atoms with van der Waals surface area (Å²) >= 11 is 0. The van der Waals surface area contributed by atoms with Crippen LogP contribution in [0.25, 0.3) is 0 Å². The average Bonchev–Trinajstić information content (AvgIpc) is 2.75. The lowest BCUT2D eigenvalue weighted by Gasteiger charge is -2.46. The van der Waals surface area contributed by atoms with Crippen molar-refractivity contribution in [2.75, 3.05) is 27.3 Å². The van der Waals surface area contributed by atoms with Crippen molar-refractivity contribution < 1.29 is 31.4 Å². The molecular formula is C20H26N2O7S2. The van der Waals surface area contributed by atoms with Crippen LogP contribution in [0.4, 0.5) is 0 Å². The Kier molecular flexibility index (Phi) is 6.36. The molecule has 1 heterocycles. The minimum atomic E-state index is -4.19. The highest BCUT2D eigenvalue weighted by atomic mass is 32.2. The van der Waals surface area contributed by atoms with Gasteiger partial charge in [0.1, 0.15) is 11.5 Å². The van der Waals surface area contributed by atoms with Crippen LogP contribution in [0.2, 0.25) is 0 Å². The van der Waals surface area contributed by atoms with Gasteiger partial charge in [0.15, 0.2) is 6.35 Å². The van der Waals surface area contributed by atoms with Crippen LogP contribution < -0.4 is 9.47 Å². The highest BCUT2D eigenvalue weighted by Gasteiger charge is 2.48. The summed E-state index contributed by atoms with van der Waals surface area (Å²) < 4.78 is 64.8. The first-order valence-electron chi connectivity index (χ1n) is 9.42. The van der Waals surface area contributed by atoms with E-state index < -0.39 is 31.8 Å². The molecule has 0 atom stereocenters. The van der Waals surface area contributed by atoms with Crippen molar-refractivity contribution in [3.05, 3.63) is 48.5 Å². The van der Waals surface area contributed by atoms with Crippen LogP contribution in [0.15, 0.2) is 58.3 Å². The van der Waals surface area contributed by atoms with Crippen molar-refractivity contribution in [3.63, 3.8) is 0 Å². The molecule has 1 N–H and O–H groups in total. The molecule has 0 amide bonds. The fraction of sp³-hybridized carbons (Fsp3) is 0.400. The fourth-order valence-electron chi connectivity index (χ4n) is 3.39. The summed E-state index contributed by atoms with van der Waals surface area (Å²) in [5, 5.41) is 10.9. The molecule has 1 aliphatic heterocycles. The van der Waals surface area contributed by atoms with E-state index in [-0.39, 0.29) is 22.9 Å². The van der Waals surface area contributed by atoms with E-state index in [9.17, 15) is 21.9 Å². The second-order valence-electron chi connectivity index (χ2n) is 7.96. The van der Waals surface area contributed by atoms with Gasteiger partial charge in [-0.15, -0.1) is 0 Å². The molecular weight excluding hydrogens is 444 g/mol. The van der Waals surface area contributed by atoms with Crippen LogP contribution in [0.3, 0.4) is 0 Å². The van der Waals surface area contributed by atoms with Crippen molar-refractivity contribution in [3.8, 4) is 11.5 Å². The molecule has 9 nitrogen and oxygen atoms in total. The zero-order valence-corrected chi connectivity index (χ0v) is 19.4. The zero-order chi connectivity index (χ0) is 23.0. The number of sulfonamides is 2. The number of aliphatic hydroxyl groups is 1. The maximum absolute atomic E-state index is 13.3. The summed E-state index contributed by atoms with van der Waals surface area (Å²) in [6, 6.07) is 11.4. The van der Waals surface area contributed by atoms with E-state index in [4.69, 9.17) is 9.47 Å². The zero-order valence-electron chi connectivity index (χ0n) is 17.7. The third-order valence-electron chi connectivity index (χ3n) is 5.01. The Morgan fingerprint density at radius 2 is 1.10 bits per heavy atom. The number of aliphatic hydroxyl groups excluding tert-OH is 1. The molecule has 2 aromatic carbocycles. The number of hydrogen-bond acceptors (Lipinski definition) is 7. The molecule has 1 fully saturated rings. The number of nitrogens with zero attached hydrogens (tertiary/aromatic N) is 2. The van der Waals surface area contributed by atoms with Gasteiger partial charge in [-0.25, -0.2) is 16.8 Å². The van der Waals surface area contributed by atoms with Gasteiger partial charge in [0.2, 0.25) is 20.0 Å². The molecule has 31 heavy (non-hydrogen) atoms. The predicted molar refractivity (Wildman–Crippen MR) is 114 cm³/mol. The maximum Gasteiger partial charge on any atom is 0.246 e. The highest BCUT2D eigenvalue weighted by Crippen LogP contribution is 2.35. The smallest absolute Gasteiger partial charge is 0.246 e. The van der Waals surface area contributed by atoms with Crippen LogP contribution in [-0.2, 0) is 20.0 Å². The Morgan fingerprint density at radius 3 is 1.39 bits per heavy atom. The second kappa shape index (κ2) is 8.40.